The summed E-state index contributed by atoms with van der Waals surface area (Å²) in [5.74, 6) is 0.0309. The van der Waals surface area contributed by atoms with Crippen molar-refractivity contribution in [3.8, 4) is 11.5 Å². The fourth-order valence-corrected chi connectivity index (χ4v) is 3.10. The molecule has 0 spiro atoms. The lowest BCUT2D eigenvalue weighted by atomic mass is 10.0. The summed E-state index contributed by atoms with van der Waals surface area (Å²) in [5, 5.41) is 16.7. The Balaban J connectivity index is 1.43. The van der Waals surface area contributed by atoms with Crippen LogP contribution in [0.25, 0.3) is 10.8 Å². The molecule has 0 bridgehead atoms. The number of rotatable bonds is 5. The van der Waals surface area contributed by atoms with Gasteiger partial charge < -0.3 is 25.2 Å². The molecule has 2 amide bonds. The molecule has 1 heterocycles. The minimum Gasteiger partial charge on any atom is -0.480 e. The third-order valence-corrected chi connectivity index (χ3v) is 4.49. The third kappa shape index (κ3) is 3.83. The van der Waals surface area contributed by atoms with E-state index in [0.29, 0.717) is 17.2 Å². The van der Waals surface area contributed by atoms with Crippen LogP contribution in [-0.2, 0) is 11.2 Å². The van der Waals surface area contributed by atoms with Gasteiger partial charge in [-0.15, -0.1) is 0 Å². The molecule has 1 atom stereocenters. The van der Waals surface area contributed by atoms with E-state index in [0.717, 1.165) is 16.3 Å². The number of carboxylic acid groups (broad SMARTS) is 1. The van der Waals surface area contributed by atoms with Crippen LogP contribution in [-0.4, -0.2) is 29.9 Å². The van der Waals surface area contributed by atoms with E-state index in [1.165, 1.54) is 0 Å². The van der Waals surface area contributed by atoms with Crippen LogP contribution in [0.15, 0.2) is 60.7 Å². The van der Waals surface area contributed by atoms with E-state index in [2.05, 4.69) is 10.6 Å². The Hall–Kier alpha value is -3.74. The number of carboxylic acids is 1. The van der Waals surface area contributed by atoms with Crippen LogP contribution in [0.5, 0.6) is 11.5 Å². The molecule has 7 heteroatoms. The molecule has 3 aromatic carbocycles. The molecule has 3 aromatic rings. The van der Waals surface area contributed by atoms with Gasteiger partial charge in [-0.05, 0) is 28.5 Å². The van der Waals surface area contributed by atoms with Crippen LogP contribution in [0.3, 0.4) is 0 Å². The maximum absolute atomic E-state index is 12.3. The van der Waals surface area contributed by atoms with Gasteiger partial charge in [-0.3, -0.25) is 0 Å². The molecule has 0 saturated carbocycles. The second kappa shape index (κ2) is 7.48. The number of benzene rings is 3. The summed E-state index contributed by atoms with van der Waals surface area (Å²) in [6.07, 6.45) is 0.175. The Kier molecular flexibility index (Phi) is 4.72. The molecule has 0 saturated heterocycles. The Labute approximate surface area is 160 Å². The molecule has 0 radical (unpaired) electrons. The number of anilines is 1. The van der Waals surface area contributed by atoms with Gasteiger partial charge >= 0.3 is 12.0 Å². The van der Waals surface area contributed by atoms with Gasteiger partial charge in [0.15, 0.2) is 11.5 Å². The number of hydrogen-bond acceptors (Lipinski definition) is 4. The maximum Gasteiger partial charge on any atom is 0.326 e. The molecule has 1 unspecified atom stereocenters. The smallest absolute Gasteiger partial charge is 0.326 e. The SMILES string of the molecule is O=C(Nc1ccc2c(c1)OCO2)NC(Cc1ccc2ccccc2c1)C(=O)O. The summed E-state index contributed by atoms with van der Waals surface area (Å²) in [6, 6.07) is 16.9. The number of hydrogen-bond donors (Lipinski definition) is 3. The summed E-state index contributed by atoms with van der Waals surface area (Å²) in [4.78, 5) is 23.9. The number of urea groups is 1. The summed E-state index contributed by atoms with van der Waals surface area (Å²) in [5.41, 5.74) is 1.31. The fourth-order valence-electron chi connectivity index (χ4n) is 3.10. The highest BCUT2D eigenvalue weighted by molar-refractivity contribution is 5.92. The van der Waals surface area contributed by atoms with Gasteiger partial charge in [-0.1, -0.05) is 42.5 Å². The highest BCUT2D eigenvalue weighted by Crippen LogP contribution is 2.34. The number of carbonyl (C=O) groups is 2. The molecule has 0 aromatic heterocycles. The van der Waals surface area contributed by atoms with E-state index >= 15 is 0 Å². The van der Waals surface area contributed by atoms with E-state index in [1.54, 1.807) is 18.2 Å². The Morgan fingerprint density at radius 2 is 1.75 bits per heavy atom. The Morgan fingerprint density at radius 1 is 0.964 bits per heavy atom. The molecule has 0 fully saturated rings. The first-order valence-electron chi connectivity index (χ1n) is 8.76. The van der Waals surface area contributed by atoms with E-state index < -0.39 is 18.0 Å². The quantitative estimate of drug-likeness (QED) is 0.632. The van der Waals surface area contributed by atoms with Gasteiger partial charge in [0.05, 0.1) is 0 Å². The zero-order valence-electron chi connectivity index (χ0n) is 14.8. The number of carbonyl (C=O) groups excluding carboxylic acids is 1. The van der Waals surface area contributed by atoms with Gasteiger partial charge in [0.2, 0.25) is 6.79 Å². The van der Waals surface area contributed by atoms with Crippen LogP contribution in [0.4, 0.5) is 10.5 Å². The molecule has 28 heavy (non-hydrogen) atoms. The first-order chi connectivity index (χ1) is 13.6. The van der Waals surface area contributed by atoms with Crippen molar-refractivity contribution in [2.75, 3.05) is 12.1 Å². The molecule has 3 N–H and O–H groups in total. The van der Waals surface area contributed by atoms with Crippen molar-refractivity contribution in [1.29, 1.82) is 0 Å². The Bertz CT molecular complexity index is 1050. The first kappa shape index (κ1) is 17.7. The number of ether oxygens (including phenoxy) is 2. The number of amides is 2. The standard InChI is InChI=1S/C21H18N2O5/c24-20(25)17(10-13-5-6-14-3-1-2-4-15(14)9-13)23-21(26)22-16-7-8-18-19(11-16)28-12-27-18/h1-9,11,17H,10,12H2,(H,24,25)(H2,22,23,26). The van der Waals surface area contributed by atoms with Crippen molar-refractivity contribution < 1.29 is 24.2 Å². The second-order valence-corrected chi connectivity index (χ2v) is 6.44. The molecule has 1 aliphatic rings. The van der Waals surface area contributed by atoms with Gasteiger partial charge in [0, 0.05) is 18.2 Å². The normalized spacial score (nSPS) is 13.1. The molecule has 7 nitrogen and oxygen atoms in total. The minimum atomic E-state index is -1.10. The molecular weight excluding hydrogens is 360 g/mol. The van der Waals surface area contributed by atoms with Crippen molar-refractivity contribution in [1.82, 2.24) is 5.32 Å². The summed E-state index contributed by atoms with van der Waals surface area (Å²) in [7, 11) is 0. The van der Waals surface area contributed by atoms with E-state index in [9.17, 15) is 14.7 Å². The molecular formula is C21H18N2O5. The highest BCUT2D eigenvalue weighted by Gasteiger charge is 2.21. The molecule has 1 aliphatic heterocycles. The summed E-state index contributed by atoms with van der Waals surface area (Å²) < 4.78 is 10.5. The largest absolute Gasteiger partial charge is 0.480 e. The monoisotopic (exact) mass is 378 g/mol. The van der Waals surface area contributed by atoms with Crippen molar-refractivity contribution >= 4 is 28.5 Å². The average molecular weight is 378 g/mol. The summed E-state index contributed by atoms with van der Waals surface area (Å²) >= 11 is 0. The van der Waals surface area contributed by atoms with Crippen molar-refractivity contribution in [3.05, 3.63) is 66.2 Å². The minimum absolute atomic E-state index is 0.137. The zero-order valence-corrected chi connectivity index (χ0v) is 14.8. The summed E-state index contributed by atoms with van der Waals surface area (Å²) in [6.45, 7) is 0.137. The number of fused-ring (bicyclic) bond motifs is 2. The van der Waals surface area contributed by atoms with Crippen LogP contribution >= 0.6 is 0 Å². The van der Waals surface area contributed by atoms with Crippen molar-refractivity contribution in [3.63, 3.8) is 0 Å². The predicted octanol–water partition coefficient (Wildman–Crippen LogP) is 3.39. The average Bonchev–Trinajstić information content (AvgIpc) is 3.15. The molecule has 142 valence electrons. The van der Waals surface area contributed by atoms with Crippen molar-refractivity contribution in [2.45, 2.75) is 12.5 Å². The van der Waals surface area contributed by atoms with Crippen LogP contribution < -0.4 is 20.1 Å². The second-order valence-electron chi connectivity index (χ2n) is 6.44. The third-order valence-electron chi connectivity index (χ3n) is 4.49. The van der Waals surface area contributed by atoms with Gasteiger partial charge in [0.1, 0.15) is 6.04 Å². The van der Waals surface area contributed by atoms with Gasteiger partial charge in [-0.2, -0.15) is 0 Å². The number of aliphatic carboxylic acids is 1. The van der Waals surface area contributed by atoms with E-state index in [1.807, 2.05) is 42.5 Å². The fraction of sp³-hybridized carbons (Fsp3) is 0.143. The first-order valence-corrected chi connectivity index (χ1v) is 8.76. The van der Waals surface area contributed by atoms with E-state index in [4.69, 9.17) is 9.47 Å². The predicted molar refractivity (Wildman–Crippen MR) is 104 cm³/mol. The number of nitrogens with one attached hydrogen (secondary N) is 2. The van der Waals surface area contributed by atoms with Gasteiger partial charge in [-0.25, -0.2) is 9.59 Å². The highest BCUT2D eigenvalue weighted by atomic mass is 16.7. The molecule has 4 rings (SSSR count). The topological polar surface area (TPSA) is 96.9 Å². The van der Waals surface area contributed by atoms with E-state index in [-0.39, 0.29) is 13.2 Å². The zero-order chi connectivity index (χ0) is 19.5. The maximum atomic E-state index is 12.3. The molecule has 0 aliphatic carbocycles. The van der Waals surface area contributed by atoms with Crippen LogP contribution in [0.2, 0.25) is 0 Å². The Morgan fingerprint density at radius 3 is 2.57 bits per heavy atom. The lowest BCUT2D eigenvalue weighted by Gasteiger charge is -2.16. The van der Waals surface area contributed by atoms with Crippen LogP contribution in [0.1, 0.15) is 5.56 Å². The van der Waals surface area contributed by atoms with Crippen molar-refractivity contribution in [2.24, 2.45) is 0 Å². The van der Waals surface area contributed by atoms with Gasteiger partial charge in [0.25, 0.3) is 0 Å². The van der Waals surface area contributed by atoms with Crippen LogP contribution in [0, 0.1) is 0 Å². The lowest BCUT2D eigenvalue weighted by Crippen LogP contribution is -2.44. The lowest BCUT2D eigenvalue weighted by molar-refractivity contribution is -0.139.